The van der Waals surface area contributed by atoms with E-state index in [1.54, 1.807) is 24.3 Å². The van der Waals surface area contributed by atoms with Crippen molar-refractivity contribution in [1.82, 2.24) is 0 Å². The highest BCUT2D eigenvalue weighted by Crippen LogP contribution is 2.33. The average Bonchev–Trinajstić information content (AvgIpc) is 2.84. The van der Waals surface area contributed by atoms with Gasteiger partial charge in [0.2, 0.25) is 0 Å². The summed E-state index contributed by atoms with van der Waals surface area (Å²) in [4.78, 5) is 46.2. The highest BCUT2D eigenvalue weighted by Gasteiger charge is 2.23. The molecular weight excluding hydrogens is 452 g/mol. The SMILES string of the molecule is COC(=O)CCCC(=O)Oc1ccc(C(C)(C)c2ccc(OC(=O)CCCC(=O)OC)cc2)cc1. The number of carbonyl (C=O) groups excluding carboxylic acids is 4. The molecular formula is C27H32O8. The van der Waals surface area contributed by atoms with Crippen molar-refractivity contribution in [3.8, 4) is 11.5 Å². The highest BCUT2D eigenvalue weighted by atomic mass is 16.5. The predicted molar refractivity (Wildman–Crippen MR) is 128 cm³/mol. The fourth-order valence-electron chi connectivity index (χ4n) is 3.37. The van der Waals surface area contributed by atoms with Crippen LogP contribution in [0.1, 0.15) is 63.5 Å². The molecule has 188 valence electrons. The number of esters is 4. The molecule has 0 amide bonds. The molecule has 35 heavy (non-hydrogen) atoms. The first kappa shape index (κ1) is 27.6. The van der Waals surface area contributed by atoms with Gasteiger partial charge in [-0.1, -0.05) is 38.1 Å². The molecule has 8 nitrogen and oxygen atoms in total. The summed E-state index contributed by atoms with van der Waals surface area (Å²) in [7, 11) is 2.62. The van der Waals surface area contributed by atoms with Crippen molar-refractivity contribution in [3.05, 3.63) is 59.7 Å². The number of benzene rings is 2. The summed E-state index contributed by atoms with van der Waals surface area (Å²) in [5, 5.41) is 0. The molecule has 0 atom stereocenters. The zero-order valence-electron chi connectivity index (χ0n) is 20.6. The Morgan fingerprint density at radius 1 is 0.571 bits per heavy atom. The van der Waals surface area contributed by atoms with Gasteiger partial charge in [0.25, 0.3) is 0 Å². The summed E-state index contributed by atoms with van der Waals surface area (Å²) < 4.78 is 19.8. The summed E-state index contributed by atoms with van der Waals surface area (Å²) >= 11 is 0. The minimum atomic E-state index is -0.406. The molecule has 0 spiro atoms. The van der Waals surface area contributed by atoms with E-state index in [0.717, 1.165) is 11.1 Å². The van der Waals surface area contributed by atoms with Crippen LogP contribution in [0.15, 0.2) is 48.5 Å². The van der Waals surface area contributed by atoms with Crippen LogP contribution in [-0.4, -0.2) is 38.1 Å². The fourth-order valence-corrected chi connectivity index (χ4v) is 3.37. The van der Waals surface area contributed by atoms with Gasteiger partial charge in [-0.15, -0.1) is 0 Å². The van der Waals surface area contributed by atoms with Crippen molar-refractivity contribution in [2.75, 3.05) is 14.2 Å². The predicted octanol–water partition coefficient (Wildman–Crippen LogP) is 4.51. The quantitative estimate of drug-likeness (QED) is 0.320. The topological polar surface area (TPSA) is 105 Å². The van der Waals surface area contributed by atoms with E-state index >= 15 is 0 Å². The number of methoxy groups -OCH3 is 2. The molecule has 0 aliphatic rings. The highest BCUT2D eigenvalue weighted by molar-refractivity contribution is 5.75. The molecule has 0 unspecified atom stereocenters. The zero-order valence-corrected chi connectivity index (χ0v) is 20.6. The van der Waals surface area contributed by atoms with E-state index in [4.69, 9.17) is 9.47 Å². The van der Waals surface area contributed by atoms with Crippen LogP contribution in [0, 0.1) is 0 Å². The summed E-state index contributed by atoms with van der Waals surface area (Å²) in [5.74, 6) is -0.658. The summed E-state index contributed by atoms with van der Waals surface area (Å²) in [5.41, 5.74) is 1.66. The van der Waals surface area contributed by atoms with Crippen molar-refractivity contribution >= 4 is 23.9 Å². The van der Waals surface area contributed by atoms with Crippen LogP contribution in [0.25, 0.3) is 0 Å². The van der Waals surface area contributed by atoms with Gasteiger partial charge in [0.05, 0.1) is 14.2 Å². The molecule has 0 N–H and O–H groups in total. The van der Waals surface area contributed by atoms with E-state index < -0.39 is 11.9 Å². The van der Waals surface area contributed by atoms with Gasteiger partial charge in [0.1, 0.15) is 11.5 Å². The molecule has 0 heterocycles. The second-order valence-electron chi connectivity index (χ2n) is 8.48. The monoisotopic (exact) mass is 484 g/mol. The molecule has 0 saturated carbocycles. The normalized spacial score (nSPS) is 10.9. The van der Waals surface area contributed by atoms with E-state index in [1.807, 2.05) is 24.3 Å². The number of hydrogen-bond acceptors (Lipinski definition) is 8. The molecule has 0 aliphatic heterocycles. The smallest absolute Gasteiger partial charge is 0.311 e. The van der Waals surface area contributed by atoms with Gasteiger partial charge in [-0.2, -0.15) is 0 Å². The molecule has 0 bridgehead atoms. The third kappa shape index (κ3) is 8.88. The van der Waals surface area contributed by atoms with Crippen LogP contribution in [0.2, 0.25) is 0 Å². The largest absolute Gasteiger partial charge is 0.469 e. The van der Waals surface area contributed by atoms with E-state index in [-0.39, 0.29) is 43.0 Å². The van der Waals surface area contributed by atoms with Gasteiger partial charge in [-0.25, -0.2) is 0 Å². The lowest BCUT2D eigenvalue weighted by Gasteiger charge is -2.26. The van der Waals surface area contributed by atoms with Crippen LogP contribution in [-0.2, 0) is 34.1 Å². The maximum absolute atomic E-state index is 12.0. The molecule has 0 aromatic heterocycles. The van der Waals surface area contributed by atoms with E-state index in [9.17, 15) is 19.2 Å². The summed E-state index contributed by atoms with van der Waals surface area (Å²) in [6.07, 6.45) is 1.35. The van der Waals surface area contributed by atoms with Crippen LogP contribution in [0.4, 0.5) is 0 Å². The molecule has 0 fully saturated rings. The van der Waals surface area contributed by atoms with Crippen LogP contribution in [0.3, 0.4) is 0 Å². The van der Waals surface area contributed by atoms with Crippen LogP contribution < -0.4 is 9.47 Å². The van der Waals surface area contributed by atoms with E-state index in [1.165, 1.54) is 14.2 Å². The third-order valence-electron chi connectivity index (χ3n) is 5.59. The van der Waals surface area contributed by atoms with Gasteiger partial charge in [-0.05, 0) is 48.2 Å². The van der Waals surface area contributed by atoms with Gasteiger partial charge in [0.15, 0.2) is 0 Å². The first-order valence-electron chi connectivity index (χ1n) is 11.4. The Morgan fingerprint density at radius 2 is 0.886 bits per heavy atom. The maximum Gasteiger partial charge on any atom is 0.311 e. The van der Waals surface area contributed by atoms with Gasteiger partial charge in [0, 0.05) is 31.1 Å². The third-order valence-corrected chi connectivity index (χ3v) is 5.59. The maximum atomic E-state index is 12.0. The number of ether oxygens (including phenoxy) is 4. The van der Waals surface area contributed by atoms with E-state index in [2.05, 4.69) is 23.3 Å². The Hall–Kier alpha value is -3.68. The van der Waals surface area contributed by atoms with Crippen molar-refractivity contribution in [2.45, 2.75) is 57.8 Å². The number of rotatable bonds is 12. The zero-order chi connectivity index (χ0) is 25.8. The molecule has 0 radical (unpaired) electrons. The Kier molecular flexibility index (Phi) is 10.5. The van der Waals surface area contributed by atoms with Crippen LogP contribution >= 0.6 is 0 Å². The lowest BCUT2D eigenvalue weighted by Crippen LogP contribution is -2.19. The van der Waals surface area contributed by atoms with Gasteiger partial charge < -0.3 is 18.9 Å². The Bertz CT molecular complexity index is 925. The number of hydrogen-bond donors (Lipinski definition) is 0. The lowest BCUT2D eigenvalue weighted by atomic mass is 9.78. The van der Waals surface area contributed by atoms with E-state index in [0.29, 0.717) is 24.3 Å². The minimum absolute atomic E-state index is 0.130. The number of carbonyl (C=O) groups is 4. The summed E-state index contributed by atoms with van der Waals surface area (Å²) in [6, 6.07) is 14.5. The average molecular weight is 485 g/mol. The molecule has 0 saturated heterocycles. The Balaban J connectivity index is 1.92. The Labute approximate surface area is 205 Å². The molecule has 2 rings (SSSR count). The molecule has 8 heteroatoms. The fraction of sp³-hybridized carbons (Fsp3) is 0.407. The second kappa shape index (κ2) is 13.3. The standard InChI is InChI=1S/C27H32O8/c1-27(2,19-11-15-21(16-12-19)34-25(30)9-5-7-23(28)32-3)20-13-17-22(18-14-20)35-26(31)10-6-8-24(29)33-4/h11-18H,5-10H2,1-4H3. The van der Waals surface area contributed by atoms with Crippen molar-refractivity contribution in [2.24, 2.45) is 0 Å². The van der Waals surface area contributed by atoms with Crippen molar-refractivity contribution in [3.63, 3.8) is 0 Å². The van der Waals surface area contributed by atoms with Gasteiger partial charge in [-0.3, -0.25) is 19.2 Å². The molecule has 2 aromatic rings. The minimum Gasteiger partial charge on any atom is -0.469 e. The Morgan fingerprint density at radius 3 is 1.20 bits per heavy atom. The first-order chi connectivity index (χ1) is 16.6. The van der Waals surface area contributed by atoms with Gasteiger partial charge >= 0.3 is 23.9 Å². The van der Waals surface area contributed by atoms with Crippen molar-refractivity contribution in [1.29, 1.82) is 0 Å². The molecule has 2 aromatic carbocycles. The first-order valence-corrected chi connectivity index (χ1v) is 11.4. The lowest BCUT2D eigenvalue weighted by molar-refractivity contribution is -0.142. The van der Waals surface area contributed by atoms with Crippen LogP contribution in [0.5, 0.6) is 11.5 Å². The molecule has 0 aliphatic carbocycles. The van der Waals surface area contributed by atoms with Crippen molar-refractivity contribution < 1.29 is 38.1 Å². The summed E-state index contributed by atoms with van der Waals surface area (Å²) in [6.45, 7) is 4.13. The second-order valence-corrected chi connectivity index (χ2v) is 8.48.